The summed E-state index contributed by atoms with van der Waals surface area (Å²) in [5.74, 6) is -1.04. The third-order valence-electron chi connectivity index (χ3n) is 3.02. The largest absolute Gasteiger partial charge is 0.480 e. The van der Waals surface area contributed by atoms with Crippen LogP contribution in [0.25, 0.3) is 0 Å². The minimum Gasteiger partial charge on any atom is -0.480 e. The van der Waals surface area contributed by atoms with Gasteiger partial charge in [0.15, 0.2) is 0 Å². The highest BCUT2D eigenvalue weighted by molar-refractivity contribution is 5.92. The van der Waals surface area contributed by atoms with Crippen LogP contribution in [-0.2, 0) is 10.2 Å². The molecule has 5 nitrogen and oxygen atoms in total. The molecule has 1 rings (SSSR count). The summed E-state index contributed by atoms with van der Waals surface area (Å²) in [6, 6.07) is 6.13. The van der Waals surface area contributed by atoms with Crippen LogP contribution >= 0.6 is 0 Å². The van der Waals surface area contributed by atoms with Gasteiger partial charge in [-0.15, -0.1) is 0 Å². The van der Waals surface area contributed by atoms with E-state index < -0.39 is 18.0 Å². The van der Waals surface area contributed by atoms with Gasteiger partial charge in [-0.1, -0.05) is 39.8 Å². The molecule has 1 aromatic carbocycles. The zero-order valence-corrected chi connectivity index (χ0v) is 12.4. The summed E-state index contributed by atoms with van der Waals surface area (Å²) >= 11 is 0. The molecule has 0 aliphatic carbocycles. The molecule has 0 aliphatic rings. The molecule has 0 unspecified atom stereocenters. The molecule has 1 atom stereocenters. The topological polar surface area (TPSA) is 78.4 Å². The lowest BCUT2D eigenvalue weighted by Crippen LogP contribution is -2.42. The van der Waals surface area contributed by atoms with Gasteiger partial charge in [-0.05, 0) is 29.5 Å². The molecular weight excluding hydrogens is 256 g/mol. The smallest absolute Gasteiger partial charge is 0.326 e. The van der Waals surface area contributed by atoms with Crippen molar-refractivity contribution in [3.63, 3.8) is 0 Å². The summed E-state index contributed by atoms with van der Waals surface area (Å²) in [5, 5.41) is 13.9. The summed E-state index contributed by atoms with van der Waals surface area (Å²) in [4.78, 5) is 22.5. The molecule has 2 amide bonds. The Hall–Kier alpha value is -2.04. The number of anilines is 1. The van der Waals surface area contributed by atoms with Crippen LogP contribution in [0.1, 0.15) is 39.7 Å². The van der Waals surface area contributed by atoms with Gasteiger partial charge >= 0.3 is 12.0 Å². The van der Waals surface area contributed by atoms with Crippen molar-refractivity contribution in [1.29, 1.82) is 0 Å². The second-order valence-corrected chi connectivity index (χ2v) is 5.72. The number of carboxylic acids is 1. The van der Waals surface area contributed by atoms with E-state index in [9.17, 15) is 9.59 Å². The first kappa shape index (κ1) is 16.0. The lowest BCUT2D eigenvalue weighted by molar-refractivity contribution is -0.139. The van der Waals surface area contributed by atoms with Crippen LogP contribution in [0.2, 0.25) is 0 Å². The Balaban J connectivity index is 2.65. The number of aliphatic carboxylic acids is 1. The van der Waals surface area contributed by atoms with Crippen molar-refractivity contribution in [2.45, 2.75) is 45.6 Å². The van der Waals surface area contributed by atoms with E-state index in [-0.39, 0.29) is 5.41 Å². The maximum absolute atomic E-state index is 11.7. The van der Waals surface area contributed by atoms with Gasteiger partial charge in [0.2, 0.25) is 0 Å². The Bertz CT molecular complexity index is 475. The van der Waals surface area contributed by atoms with E-state index in [0.29, 0.717) is 12.1 Å². The van der Waals surface area contributed by atoms with Gasteiger partial charge in [-0.25, -0.2) is 9.59 Å². The van der Waals surface area contributed by atoms with E-state index in [1.165, 1.54) is 5.56 Å². The molecule has 0 saturated heterocycles. The van der Waals surface area contributed by atoms with Crippen LogP contribution in [0.5, 0.6) is 0 Å². The molecular formula is C15H22N2O3. The van der Waals surface area contributed by atoms with Gasteiger partial charge in [-0.2, -0.15) is 0 Å². The summed E-state index contributed by atoms with van der Waals surface area (Å²) in [7, 11) is 0. The molecule has 5 heteroatoms. The van der Waals surface area contributed by atoms with E-state index >= 15 is 0 Å². The van der Waals surface area contributed by atoms with E-state index in [4.69, 9.17) is 5.11 Å². The zero-order chi connectivity index (χ0) is 15.3. The first-order valence-corrected chi connectivity index (χ1v) is 6.65. The van der Waals surface area contributed by atoms with Crippen LogP contribution in [0.4, 0.5) is 10.5 Å². The Morgan fingerprint density at radius 3 is 2.15 bits per heavy atom. The lowest BCUT2D eigenvalue weighted by Gasteiger charge is -2.19. The number of carbonyl (C=O) groups excluding carboxylic acids is 1. The molecule has 0 heterocycles. The van der Waals surface area contributed by atoms with Crippen LogP contribution < -0.4 is 10.6 Å². The molecule has 20 heavy (non-hydrogen) atoms. The normalized spacial score (nSPS) is 12.6. The van der Waals surface area contributed by atoms with Gasteiger partial charge < -0.3 is 15.7 Å². The number of carboxylic acid groups (broad SMARTS) is 1. The van der Waals surface area contributed by atoms with Crippen molar-refractivity contribution in [2.24, 2.45) is 0 Å². The minimum absolute atomic E-state index is 0.0530. The molecule has 0 spiro atoms. The quantitative estimate of drug-likeness (QED) is 0.792. The minimum atomic E-state index is -1.04. The Labute approximate surface area is 119 Å². The van der Waals surface area contributed by atoms with Crippen LogP contribution in [0.15, 0.2) is 24.3 Å². The molecule has 0 fully saturated rings. The number of carbonyl (C=O) groups is 2. The second-order valence-electron chi connectivity index (χ2n) is 5.72. The summed E-state index contributed by atoms with van der Waals surface area (Å²) in [5.41, 5.74) is 1.85. The van der Waals surface area contributed by atoms with E-state index in [1.807, 2.05) is 24.3 Å². The maximum Gasteiger partial charge on any atom is 0.326 e. The number of urea groups is 1. The van der Waals surface area contributed by atoms with E-state index in [0.717, 1.165) is 0 Å². The van der Waals surface area contributed by atoms with Gasteiger partial charge in [-0.3, -0.25) is 0 Å². The molecule has 1 aromatic rings. The maximum atomic E-state index is 11.7. The van der Waals surface area contributed by atoms with Gasteiger partial charge in [0.05, 0.1) is 0 Å². The van der Waals surface area contributed by atoms with E-state index in [1.54, 1.807) is 6.92 Å². The van der Waals surface area contributed by atoms with Crippen LogP contribution in [-0.4, -0.2) is 23.1 Å². The van der Waals surface area contributed by atoms with Crippen molar-refractivity contribution in [3.05, 3.63) is 29.8 Å². The molecule has 3 N–H and O–H groups in total. The SMILES string of the molecule is CC[C@H](NC(=O)Nc1ccc(C(C)(C)C)cc1)C(=O)O. The molecule has 0 radical (unpaired) electrons. The van der Waals surface area contributed by atoms with Crippen molar-refractivity contribution in [3.8, 4) is 0 Å². The molecule has 0 aromatic heterocycles. The first-order valence-electron chi connectivity index (χ1n) is 6.65. The molecule has 0 aliphatic heterocycles. The van der Waals surface area contributed by atoms with Crippen molar-refractivity contribution in [1.82, 2.24) is 5.32 Å². The fraction of sp³-hybridized carbons (Fsp3) is 0.467. The number of hydrogen-bond acceptors (Lipinski definition) is 2. The second kappa shape index (κ2) is 6.41. The highest BCUT2D eigenvalue weighted by Crippen LogP contribution is 2.23. The summed E-state index contributed by atoms with van der Waals surface area (Å²) in [6.07, 6.45) is 0.339. The van der Waals surface area contributed by atoms with E-state index in [2.05, 4.69) is 31.4 Å². The fourth-order valence-electron chi connectivity index (χ4n) is 1.72. The average molecular weight is 278 g/mol. The number of rotatable bonds is 4. The first-order chi connectivity index (χ1) is 9.24. The number of hydrogen-bond donors (Lipinski definition) is 3. The third-order valence-corrected chi connectivity index (χ3v) is 3.02. The number of amides is 2. The number of benzene rings is 1. The third kappa shape index (κ3) is 4.57. The van der Waals surface area contributed by atoms with Gasteiger partial charge in [0, 0.05) is 5.69 Å². The zero-order valence-electron chi connectivity index (χ0n) is 12.4. The molecule has 0 saturated carbocycles. The predicted molar refractivity (Wildman–Crippen MR) is 79.0 cm³/mol. The standard InChI is InChI=1S/C15H22N2O3/c1-5-12(13(18)19)17-14(20)16-11-8-6-10(7-9-11)15(2,3)4/h6-9,12H,5H2,1-4H3,(H,18,19)(H2,16,17,20)/t12-/m0/s1. The van der Waals surface area contributed by atoms with Crippen molar-refractivity contribution < 1.29 is 14.7 Å². The van der Waals surface area contributed by atoms with Crippen LogP contribution in [0.3, 0.4) is 0 Å². The van der Waals surface area contributed by atoms with Crippen LogP contribution in [0, 0.1) is 0 Å². The highest BCUT2D eigenvalue weighted by atomic mass is 16.4. The molecule has 110 valence electrons. The van der Waals surface area contributed by atoms with Gasteiger partial charge in [0.25, 0.3) is 0 Å². The fourth-order valence-corrected chi connectivity index (χ4v) is 1.72. The Morgan fingerprint density at radius 2 is 1.75 bits per heavy atom. The summed E-state index contributed by atoms with van der Waals surface area (Å²) in [6.45, 7) is 8.04. The predicted octanol–water partition coefficient (Wildman–Crippen LogP) is 2.97. The summed E-state index contributed by atoms with van der Waals surface area (Å²) < 4.78 is 0. The molecule has 0 bridgehead atoms. The average Bonchev–Trinajstić information content (AvgIpc) is 2.35. The lowest BCUT2D eigenvalue weighted by atomic mass is 9.87. The van der Waals surface area contributed by atoms with Gasteiger partial charge in [0.1, 0.15) is 6.04 Å². The Morgan fingerprint density at radius 1 is 1.20 bits per heavy atom. The Kier molecular flexibility index (Phi) is 5.13. The van der Waals surface area contributed by atoms with Crippen molar-refractivity contribution >= 4 is 17.7 Å². The monoisotopic (exact) mass is 278 g/mol. The highest BCUT2D eigenvalue weighted by Gasteiger charge is 2.17. The van der Waals surface area contributed by atoms with Crippen molar-refractivity contribution in [2.75, 3.05) is 5.32 Å². The number of nitrogens with one attached hydrogen (secondary N) is 2.